The highest BCUT2D eigenvalue weighted by Crippen LogP contribution is 2.18. The van der Waals surface area contributed by atoms with Gasteiger partial charge in [0.05, 0.1) is 0 Å². The lowest BCUT2D eigenvalue weighted by Gasteiger charge is -2.13. The maximum absolute atomic E-state index is 13.0. The highest BCUT2D eigenvalue weighted by atomic mass is 35.5. The Hall–Kier alpha value is -0.560. The van der Waals surface area contributed by atoms with Crippen LogP contribution in [0.4, 0.5) is 4.39 Å². The van der Waals surface area contributed by atoms with E-state index in [1.54, 1.807) is 6.07 Å². The summed E-state index contributed by atoms with van der Waals surface area (Å²) in [6.45, 7) is 4.12. The lowest BCUT2D eigenvalue weighted by molar-refractivity contribution is 0.560. The standard InChI is InChI=1S/C12H16ClF/c1-3-10(8-13)6-11-7-12(14)5-4-9(11)2/h4-5,7,10H,3,6,8H2,1-2H3. The van der Waals surface area contributed by atoms with E-state index in [0.717, 1.165) is 24.0 Å². The van der Waals surface area contributed by atoms with Crippen LogP contribution >= 0.6 is 11.6 Å². The summed E-state index contributed by atoms with van der Waals surface area (Å²) in [7, 11) is 0. The summed E-state index contributed by atoms with van der Waals surface area (Å²) in [5.41, 5.74) is 2.23. The van der Waals surface area contributed by atoms with Crippen LogP contribution in [0.2, 0.25) is 0 Å². The molecule has 0 bridgehead atoms. The first-order chi connectivity index (χ1) is 6.67. The third-order valence-corrected chi connectivity index (χ3v) is 3.05. The van der Waals surface area contributed by atoms with Gasteiger partial charge in [-0.2, -0.15) is 0 Å². The van der Waals surface area contributed by atoms with Gasteiger partial charge in [0.25, 0.3) is 0 Å². The Kier molecular flexibility index (Phi) is 4.40. The molecule has 1 aromatic rings. The van der Waals surface area contributed by atoms with Crippen molar-refractivity contribution in [2.75, 3.05) is 5.88 Å². The topological polar surface area (TPSA) is 0 Å². The van der Waals surface area contributed by atoms with Crippen LogP contribution in [0.15, 0.2) is 18.2 Å². The summed E-state index contributed by atoms with van der Waals surface area (Å²) in [6, 6.07) is 4.94. The molecule has 1 rings (SSSR count). The summed E-state index contributed by atoms with van der Waals surface area (Å²) in [5, 5.41) is 0. The predicted molar refractivity (Wildman–Crippen MR) is 59.3 cm³/mol. The number of aryl methyl sites for hydroxylation is 1. The molecule has 0 aliphatic rings. The van der Waals surface area contributed by atoms with E-state index < -0.39 is 0 Å². The van der Waals surface area contributed by atoms with Gasteiger partial charge < -0.3 is 0 Å². The van der Waals surface area contributed by atoms with E-state index >= 15 is 0 Å². The SMILES string of the molecule is CCC(CCl)Cc1cc(F)ccc1C. The molecule has 0 nitrogen and oxygen atoms in total. The van der Waals surface area contributed by atoms with Crippen molar-refractivity contribution >= 4 is 11.6 Å². The zero-order valence-electron chi connectivity index (χ0n) is 8.69. The van der Waals surface area contributed by atoms with E-state index in [-0.39, 0.29) is 5.82 Å². The number of rotatable bonds is 4. The van der Waals surface area contributed by atoms with Crippen LogP contribution in [-0.2, 0) is 6.42 Å². The highest BCUT2D eigenvalue weighted by Gasteiger charge is 2.08. The third-order valence-electron chi connectivity index (χ3n) is 2.62. The van der Waals surface area contributed by atoms with E-state index in [1.165, 1.54) is 6.07 Å². The van der Waals surface area contributed by atoms with Crippen molar-refractivity contribution in [3.63, 3.8) is 0 Å². The Bertz CT molecular complexity index is 292. The van der Waals surface area contributed by atoms with E-state index in [1.807, 2.05) is 13.0 Å². The molecule has 0 amide bonds. The molecule has 1 unspecified atom stereocenters. The smallest absolute Gasteiger partial charge is 0.123 e. The fourth-order valence-corrected chi connectivity index (χ4v) is 1.81. The van der Waals surface area contributed by atoms with E-state index in [0.29, 0.717) is 11.8 Å². The highest BCUT2D eigenvalue weighted by molar-refractivity contribution is 6.18. The van der Waals surface area contributed by atoms with Crippen molar-refractivity contribution in [2.24, 2.45) is 5.92 Å². The summed E-state index contributed by atoms with van der Waals surface area (Å²) in [4.78, 5) is 0. The van der Waals surface area contributed by atoms with E-state index in [9.17, 15) is 4.39 Å². The molecule has 0 saturated heterocycles. The Morgan fingerprint density at radius 3 is 2.71 bits per heavy atom. The molecule has 78 valence electrons. The maximum atomic E-state index is 13.0. The normalized spacial score (nSPS) is 12.9. The van der Waals surface area contributed by atoms with Gasteiger partial charge in [0.2, 0.25) is 0 Å². The summed E-state index contributed by atoms with van der Waals surface area (Å²) >= 11 is 5.82. The van der Waals surface area contributed by atoms with Gasteiger partial charge in [-0.15, -0.1) is 11.6 Å². The van der Waals surface area contributed by atoms with Gasteiger partial charge in [-0.05, 0) is 42.5 Å². The Morgan fingerprint density at radius 2 is 2.14 bits per heavy atom. The molecular formula is C12H16ClF. The van der Waals surface area contributed by atoms with Crippen molar-refractivity contribution in [3.05, 3.63) is 35.1 Å². The number of hydrogen-bond acceptors (Lipinski definition) is 0. The van der Waals surface area contributed by atoms with Crippen molar-refractivity contribution in [3.8, 4) is 0 Å². The van der Waals surface area contributed by atoms with Gasteiger partial charge >= 0.3 is 0 Å². The molecule has 0 aliphatic heterocycles. The molecular weight excluding hydrogens is 199 g/mol. The van der Waals surface area contributed by atoms with Crippen LogP contribution in [0.3, 0.4) is 0 Å². The van der Waals surface area contributed by atoms with Crippen LogP contribution in [0.1, 0.15) is 24.5 Å². The Balaban J connectivity index is 2.79. The minimum atomic E-state index is -0.157. The van der Waals surface area contributed by atoms with Gasteiger partial charge in [0, 0.05) is 5.88 Å². The maximum Gasteiger partial charge on any atom is 0.123 e. The van der Waals surface area contributed by atoms with Crippen LogP contribution in [-0.4, -0.2) is 5.88 Å². The largest absolute Gasteiger partial charge is 0.207 e. The average molecular weight is 215 g/mol. The Labute approximate surface area is 90.1 Å². The third kappa shape index (κ3) is 2.98. The van der Waals surface area contributed by atoms with E-state index in [4.69, 9.17) is 11.6 Å². The Morgan fingerprint density at radius 1 is 1.43 bits per heavy atom. The fraction of sp³-hybridized carbons (Fsp3) is 0.500. The zero-order chi connectivity index (χ0) is 10.6. The molecule has 0 saturated carbocycles. The van der Waals surface area contributed by atoms with Crippen LogP contribution < -0.4 is 0 Å². The van der Waals surface area contributed by atoms with Gasteiger partial charge in [-0.25, -0.2) is 4.39 Å². The average Bonchev–Trinajstić information content (AvgIpc) is 2.19. The monoisotopic (exact) mass is 214 g/mol. The van der Waals surface area contributed by atoms with Crippen molar-refractivity contribution in [1.82, 2.24) is 0 Å². The summed E-state index contributed by atoms with van der Waals surface area (Å²) < 4.78 is 13.0. The minimum Gasteiger partial charge on any atom is -0.207 e. The van der Waals surface area contributed by atoms with Crippen molar-refractivity contribution in [2.45, 2.75) is 26.7 Å². The molecule has 0 N–H and O–H groups in total. The first-order valence-corrected chi connectivity index (χ1v) is 5.51. The van der Waals surface area contributed by atoms with Crippen LogP contribution in [0.5, 0.6) is 0 Å². The molecule has 1 atom stereocenters. The second-order valence-electron chi connectivity index (χ2n) is 3.70. The second kappa shape index (κ2) is 5.35. The minimum absolute atomic E-state index is 0.157. The number of alkyl halides is 1. The van der Waals surface area contributed by atoms with Crippen LogP contribution in [0.25, 0.3) is 0 Å². The molecule has 0 fully saturated rings. The molecule has 0 aromatic heterocycles. The summed E-state index contributed by atoms with van der Waals surface area (Å²) in [5.74, 6) is 0.944. The number of halogens is 2. The first-order valence-electron chi connectivity index (χ1n) is 4.98. The molecule has 1 aromatic carbocycles. The number of hydrogen-bond donors (Lipinski definition) is 0. The number of benzene rings is 1. The van der Waals surface area contributed by atoms with E-state index in [2.05, 4.69) is 6.92 Å². The molecule has 0 spiro atoms. The summed E-state index contributed by atoms with van der Waals surface area (Å²) in [6.07, 6.45) is 1.92. The first kappa shape index (κ1) is 11.5. The van der Waals surface area contributed by atoms with Crippen molar-refractivity contribution < 1.29 is 4.39 Å². The zero-order valence-corrected chi connectivity index (χ0v) is 9.44. The van der Waals surface area contributed by atoms with Crippen LogP contribution in [0, 0.1) is 18.7 Å². The molecule has 0 heterocycles. The lowest BCUT2D eigenvalue weighted by Crippen LogP contribution is -2.06. The molecule has 2 heteroatoms. The van der Waals surface area contributed by atoms with Gasteiger partial charge in [-0.3, -0.25) is 0 Å². The fourth-order valence-electron chi connectivity index (χ4n) is 1.48. The predicted octanol–water partition coefficient (Wildman–Crippen LogP) is 3.94. The molecule has 14 heavy (non-hydrogen) atoms. The lowest BCUT2D eigenvalue weighted by atomic mass is 9.95. The quantitative estimate of drug-likeness (QED) is 0.666. The second-order valence-corrected chi connectivity index (χ2v) is 4.01. The molecule has 0 aliphatic carbocycles. The molecule has 0 radical (unpaired) electrons. The van der Waals surface area contributed by atoms with Gasteiger partial charge in [-0.1, -0.05) is 19.4 Å². The van der Waals surface area contributed by atoms with Crippen molar-refractivity contribution in [1.29, 1.82) is 0 Å². The van der Waals surface area contributed by atoms with Gasteiger partial charge in [0.15, 0.2) is 0 Å². The van der Waals surface area contributed by atoms with Gasteiger partial charge in [0.1, 0.15) is 5.82 Å².